The molecule has 0 fully saturated rings. The van der Waals surface area contributed by atoms with E-state index in [-0.39, 0.29) is 42.8 Å². The van der Waals surface area contributed by atoms with Crippen LogP contribution in [0.25, 0.3) is 0 Å². The lowest BCUT2D eigenvalue weighted by atomic mass is 10.0. The van der Waals surface area contributed by atoms with Crippen molar-refractivity contribution in [1.29, 1.82) is 0 Å². The molecule has 0 aromatic heterocycles. The highest BCUT2D eigenvalue weighted by Gasteiger charge is 2.11. The number of carbonyl (C=O) groups excluding carboxylic acids is 2. The molecular weight excluding hydrogens is 352 g/mol. The summed E-state index contributed by atoms with van der Waals surface area (Å²) in [6.45, 7) is 3.77. The monoisotopic (exact) mass is 376 g/mol. The maximum atomic E-state index is 12.1. The molecule has 0 saturated heterocycles. The number of hydrogen-bond donors (Lipinski definition) is 4. The first-order valence-electron chi connectivity index (χ1n) is 8.22. The second-order valence-electron chi connectivity index (χ2n) is 6.10. The van der Waals surface area contributed by atoms with E-state index in [1.165, 1.54) is 0 Å². The van der Waals surface area contributed by atoms with Gasteiger partial charge in [-0.25, -0.2) is 4.79 Å². The molecule has 2 rings (SSSR count). The van der Waals surface area contributed by atoms with Crippen LogP contribution >= 0.6 is 12.4 Å². The molecule has 0 bridgehead atoms. The quantitative estimate of drug-likeness (QED) is 0.619. The minimum absolute atomic E-state index is 0. The van der Waals surface area contributed by atoms with Crippen LogP contribution in [0, 0.1) is 0 Å². The Kier molecular flexibility index (Phi) is 8.61. The van der Waals surface area contributed by atoms with Crippen molar-refractivity contribution in [3.8, 4) is 0 Å². The zero-order valence-electron chi connectivity index (χ0n) is 14.9. The molecule has 0 aliphatic heterocycles. The molecule has 2 aromatic carbocycles. The smallest absolute Gasteiger partial charge is 0.319 e. The topological polar surface area (TPSA) is 96.2 Å². The lowest BCUT2D eigenvalue weighted by molar-refractivity contribution is -0.116. The number of nitrogens with two attached hydrogens (primary N) is 1. The van der Waals surface area contributed by atoms with Crippen molar-refractivity contribution in [2.45, 2.75) is 32.4 Å². The first kappa shape index (κ1) is 21.5. The Morgan fingerprint density at radius 1 is 0.923 bits per heavy atom. The number of anilines is 2. The molecule has 7 heteroatoms. The summed E-state index contributed by atoms with van der Waals surface area (Å²) in [5.41, 5.74) is 8.28. The van der Waals surface area contributed by atoms with Gasteiger partial charge in [0.25, 0.3) is 0 Å². The Hall–Kier alpha value is -2.57. The normalized spacial score (nSPS) is 11.2. The Morgan fingerprint density at radius 3 is 2.00 bits per heavy atom. The van der Waals surface area contributed by atoms with Crippen LogP contribution in [0.3, 0.4) is 0 Å². The van der Waals surface area contributed by atoms with E-state index in [4.69, 9.17) is 5.73 Å². The number of halogens is 1. The first-order chi connectivity index (χ1) is 11.9. The summed E-state index contributed by atoms with van der Waals surface area (Å²) in [6, 6.07) is 15.9. The van der Waals surface area contributed by atoms with E-state index in [0.717, 1.165) is 5.56 Å². The summed E-state index contributed by atoms with van der Waals surface area (Å²) in [5, 5.41) is 8.27. The average molecular weight is 377 g/mol. The highest BCUT2D eigenvalue weighted by atomic mass is 35.5. The average Bonchev–Trinajstić information content (AvgIpc) is 2.56. The van der Waals surface area contributed by atoms with Crippen LogP contribution in [0.2, 0.25) is 0 Å². The predicted octanol–water partition coefficient (Wildman–Crippen LogP) is 3.67. The van der Waals surface area contributed by atoms with Gasteiger partial charge >= 0.3 is 6.03 Å². The van der Waals surface area contributed by atoms with Crippen LogP contribution in [-0.2, 0) is 4.79 Å². The highest BCUT2D eigenvalue weighted by Crippen LogP contribution is 2.17. The van der Waals surface area contributed by atoms with Gasteiger partial charge < -0.3 is 21.7 Å². The lowest BCUT2D eigenvalue weighted by Gasteiger charge is -2.13. The number of nitrogens with one attached hydrogen (secondary N) is 3. The van der Waals surface area contributed by atoms with Crippen LogP contribution in [0.15, 0.2) is 54.6 Å². The van der Waals surface area contributed by atoms with Gasteiger partial charge in [-0.15, -0.1) is 12.4 Å². The molecule has 0 aliphatic carbocycles. The fourth-order valence-corrected chi connectivity index (χ4v) is 2.30. The summed E-state index contributed by atoms with van der Waals surface area (Å²) in [7, 11) is 0. The third-order valence-electron chi connectivity index (χ3n) is 3.48. The van der Waals surface area contributed by atoms with E-state index in [1.54, 1.807) is 24.3 Å². The fourth-order valence-electron chi connectivity index (χ4n) is 2.30. The molecule has 0 saturated carbocycles. The van der Waals surface area contributed by atoms with Crippen LogP contribution in [-0.4, -0.2) is 18.0 Å². The van der Waals surface area contributed by atoms with Gasteiger partial charge in [0.05, 0.1) is 0 Å². The van der Waals surface area contributed by atoms with Gasteiger partial charge in [0.1, 0.15) is 0 Å². The summed E-state index contributed by atoms with van der Waals surface area (Å²) in [5.74, 6) is -0.158. The molecule has 26 heavy (non-hydrogen) atoms. The fraction of sp³-hybridized carbons (Fsp3) is 0.263. The molecule has 2 aromatic rings. The third kappa shape index (κ3) is 7.13. The minimum atomic E-state index is -0.345. The largest absolute Gasteiger partial charge is 0.336 e. The molecule has 0 aliphatic rings. The van der Waals surface area contributed by atoms with Crippen molar-refractivity contribution in [2.75, 3.05) is 10.6 Å². The van der Waals surface area contributed by atoms with Gasteiger partial charge in [0, 0.05) is 29.9 Å². The van der Waals surface area contributed by atoms with Crippen molar-refractivity contribution in [3.05, 3.63) is 60.2 Å². The molecular formula is C19H25ClN4O2. The molecule has 140 valence electrons. The summed E-state index contributed by atoms with van der Waals surface area (Å²) >= 11 is 0. The molecule has 0 heterocycles. The van der Waals surface area contributed by atoms with Crippen LogP contribution in [0.5, 0.6) is 0 Å². The van der Waals surface area contributed by atoms with Gasteiger partial charge in [0.15, 0.2) is 0 Å². The van der Waals surface area contributed by atoms with Crippen molar-refractivity contribution in [2.24, 2.45) is 5.73 Å². The number of benzene rings is 2. The molecule has 0 radical (unpaired) electrons. The van der Waals surface area contributed by atoms with Gasteiger partial charge in [0.2, 0.25) is 5.91 Å². The minimum Gasteiger partial charge on any atom is -0.336 e. The zero-order chi connectivity index (χ0) is 18.2. The van der Waals surface area contributed by atoms with Gasteiger partial charge in [-0.2, -0.15) is 0 Å². The van der Waals surface area contributed by atoms with E-state index in [1.807, 2.05) is 44.2 Å². The number of rotatable bonds is 6. The van der Waals surface area contributed by atoms with E-state index >= 15 is 0 Å². The van der Waals surface area contributed by atoms with Crippen molar-refractivity contribution < 1.29 is 9.59 Å². The second-order valence-corrected chi connectivity index (χ2v) is 6.10. The predicted molar refractivity (Wildman–Crippen MR) is 108 cm³/mol. The standard InChI is InChI=1S/C19H24N4O2.ClH/c1-13(2)21-19(25)23-16-10-8-15(9-11-16)22-18(24)12-17(20)14-6-4-3-5-7-14;/h3-11,13,17H,12,20H2,1-2H3,(H,22,24)(H2,21,23,25);1H. The lowest BCUT2D eigenvalue weighted by Crippen LogP contribution is -2.34. The summed E-state index contributed by atoms with van der Waals surface area (Å²) in [6.07, 6.45) is 0.195. The van der Waals surface area contributed by atoms with E-state index in [9.17, 15) is 9.59 Å². The van der Waals surface area contributed by atoms with E-state index in [0.29, 0.717) is 11.4 Å². The molecule has 0 spiro atoms. The van der Waals surface area contributed by atoms with E-state index < -0.39 is 0 Å². The van der Waals surface area contributed by atoms with Crippen LogP contribution in [0.4, 0.5) is 16.2 Å². The molecule has 5 N–H and O–H groups in total. The maximum absolute atomic E-state index is 12.1. The zero-order valence-corrected chi connectivity index (χ0v) is 15.7. The number of hydrogen-bond acceptors (Lipinski definition) is 3. The Morgan fingerprint density at radius 2 is 1.46 bits per heavy atom. The third-order valence-corrected chi connectivity index (χ3v) is 3.48. The van der Waals surface area contributed by atoms with E-state index in [2.05, 4.69) is 16.0 Å². The summed E-state index contributed by atoms with van der Waals surface area (Å²) in [4.78, 5) is 23.7. The SMILES string of the molecule is CC(C)NC(=O)Nc1ccc(NC(=O)CC(N)c2ccccc2)cc1.Cl. The molecule has 1 unspecified atom stereocenters. The van der Waals surface area contributed by atoms with Crippen molar-refractivity contribution in [3.63, 3.8) is 0 Å². The molecule has 6 nitrogen and oxygen atoms in total. The Balaban J connectivity index is 0.00000338. The highest BCUT2D eigenvalue weighted by molar-refractivity contribution is 5.92. The van der Waals surface area contributed by atoms with Gasteiger partial charge in [-0.1, -0.05) is 30.3 Å². The van der Waals surface area contributed by atoms with Crippen LogP contribution < -0.4 is 21.7 Å². The number of carbonyl (C=O) groups is 2. The Bertz CT molecular complexity index is 705. The van der Waals surface area contributed by atoms with Crippen molar-refractivity contribution >= 4 is 35.7 Å². The number of amides is 3. The first-order valence-corrected chi connectivity index (χ1v) is 8.22. The second kappa shape index (κ2) is 10.4. The maximum Gasteiger partial charge on any atom is 0.319 e. The summed E-state index contributed by atoms with van der Waals surface area (Å²) < 4.78 is 0. The van der Waals surface area contributed by atoms with Crippen LogP contribution in [0.1, 0.15) is 31.9 Å². The molecule has 3 amide bonds. The van der Waals surface area contributed by atoms with Crippen molar-refractivity contribution in [1.82, 2.24) is 5.32 Å². The molecule has 1 atom stereocenters. The Labute approximate surface area is 160 Å². The number of urea groups is 1. The van der Waals surface area contributed by atoms with Gasteiger partial charge in [-0.3, -0.25) is 4.79 Å². The van der Waals surface area contributed by atoms with Gasteiger partial charge in [-0.05, 0) is 43.7 Å².